The molecule has 0 bridgehead atoms. The number of rotatable bonds is 4. The van der Waals surface area contributed by atoms with Gasteiger partial charge in [0.2, 0.25) is 5.91 Å². The van der Waals surface area contributed by atoms with E-state index >= 15 is 0 Å². The average Bonchev–Trinajstić information content (AvgIpc) is 2.65. The summed E-state index contributed by atoms with van der Waals surface area (Å²) in [6, 6.07) is 0.203. The number of Topliss-reactive ketones (excluding diaryl/α,β-unsaturated/α-hetero) is 1. The van der Waals surface area contributed by atoms with Crippen LogP contribution in [0.3, 0.4) is 0 Å². The predicted octanol–water partition coefficient (Wildman–Crippen LogP) is 0.603. The first kappa shape index (κ1) is 11.2. The van der Waals surface area contributed by atoms with Crippen LogP contribution in [0, 0.1) is 0 Å². The molecule has 1 saturated heterocycles. The molecule has 80 valence electrons. The van der Waals surface area contributed by atoms with Gasteiger partial charge in [-0.2, -0.15) is 0 Å². The number of nitrogens with zero attached hydrogens (tertiary/aromatic N) is 1. The lowest BCUT2D eigenvalue weighted by Crippen LogP contribution is -2.37. The first-order chi connectivity index (χ1) is 6.61. The lowest BCUT2D eigenvalue weighted by atomic mass is 10.2. The maximum atomic E-state index is 11.6. The number of carbonyl (C=O) groups is 2. The Labute approximate surface area is 84.2 Å². The molecule has 0 aromatic heterocycles. The van der Waals surface area contributed by atoms with Crippen LogP contribution in [0.1, 0.15) is 26.2 Å². The van der Waals surface area contributed by atoms with Crippen molar-refractivity contribution in [3.8, 4) is 0 Å². The first-order valence-corrected chi connectivity index (χ1v) is 4.94. The Balaban J connectivity index is 2.31. The van der Waals surface area contributed by atoms with E-state index in [1.807, 2.05) is 0 Å². The molecule has 14 heavy (non-hydrogen) atoms. The van der Waals surface area contributed by atoms with Crippen LogP contribution in [0.4, 0.5) is 0 Å². The minimum Gasteiger partial charge on any atom is -0.379 e. The fourth-order valence-electron chi connectivity index (χ4n) is 1.49. The van der Waals surface area contributed by atoms with Crippen molar-refractivity contribution in [2.24, 2.45) is 0 Å². The van der Waals surface area contributed by atoms with Gasteiger partial charge in [-0.15, -0.1) is 0 Å². The van der Waals surface area contributed by atoms with Gasteiger partial charge in [0.25, 0.3) is 0 Å². The minimum absolute atomic E-state index is 0.0377. The van der Waals surface area contributed by atoms with E-state index in [1.165, 1.54) is 6.92 Å². The number of ketones is 1. The quantitative estimate of drug-likeness (QED) is 0.666. The Kier molecular flexibility index (Phi) is 4.07. The third-order valence-electron chi connectivity index (χ3n) is 2.54. The Morgan fingerprint density at radius 1 is 1.43 bits per heavy atom. The summed E-state index contributed by atoms with van der Waals surface area (Å²) in [5.41, 5.74) is 0. The summed E-state index contributed by atoms with van der Waals surface area (Å²) in [4.78, 5) is 24.0. The third-order valence-corrected chi connectivity index (χ3v) is 2.54. The summed E-state index contributed by atoms with van der Waals surface area (Å²) in [5, 5.41) is 0. The molecule has 4 heteroatoms. The van der Waals surface area contributed by atoms with E-state index in [0.29, 0.717) is 19.4 Å². The highest BCUT2D eigenvalue weighted by atomic mass is 16.5. The molecule has 1 aliphatic rings. The van der Waals surface area contributed by atoms with Crippen molar-refractivity contribution in [3.05, 3.63) is 0 Å². The topological polar surface area (TPSA) is 46.6 Å². The second kappa shape index (κ2) is 5.10. The zero-order valence-corrected chi connectivity index (χ0v) is 8.78. The molecular weight excluding hydrogens is 182 g/mol. The van der Waals surface area contributed by atoms with Crippen LogP contribution in [0.2, 0.25) is 0 Å². The lowest BCUT2D eigenvalue weighted by molar-refractivity contribution is -0.133. The van der Waals surface area contributed by atoms with Crippen molar-refractivity contribution < 1.29 is 14.3 Å². The highest BCUT2D eigenvalue weighted by Gasteiger charge is 2.23. The smallest absolute Gasteiger partial charge is 0.223 e. The van der Waals surface area contributed by atoms with Crippen molar-refractivity contribution >= 4 is 11.7 Å². The largest absolute Gasteiger partial charge is 0.379 e. The summed E-state index contributed by atoms with van der Waals surface area (Å²) in [5.74, 6) is 0.102. The molecule has 1 atom stereocenters. The van der Waals surface area contributed by atoms with Gasteiger partial charge in [0.15, 0.2) is 0 Å². The maximum Gasteiger partial charge on any atom is 0.223 e. The summed E-state index contributed by atoms with van der Waals surface area (Å²) >= 11 is 0. The lowest BCUT2D eigenvalue weighted by Gasteiger charge is -2.22. The highest BCUT2D eigenvalue weighted by molar-refractivity contribution is 5.83. The SMILES string of the molecule is CC(=O)CCC(=O)N(C)C1CCOC1. The first-order valence-electron chi connectivity index (χ1n) is 4.94. The Hall–Kier alpha value is -0.900. The van der Waals surface area contributed by atoms with Crippen LogP contribution < -0.4 is 0 Å². The Morgan fingerprint density at radius 3 is 2.64 bits per heavy atom. The van der Waals surface area contributed by atoms with Crippen LogP contribution in [0.15, 0.2) is 0 Å². The van der Waals surface area contributed by atoms with Gasteiger partial charge in [-0.3, -0.25) is 4.79 Å². The van der Waals surface area contributed by atoms with Crippen molar-refractivity contribution in [1.29, 1.82) is 0 Å². The van der Waals surface area contributed by atoms with Gasteiger partial charge in [-0.25, -0.2) is 0 Å². The predicted molar refractivity (Wildman–Crippen MR) is 51.9 cm³/mol. The second-order valence-corrected chi connectivity index (χ2v) is 3.72. The number of ether oxygens (including phenoxy) is 1. The van der Waals surface area contributed by atoms with E-state index < -0.39 is 0 Å². The zero-order valence-electron chi connectivity index (χ0n) is 8.78. The summed E-state index contributed by atoms with van der Waals surface area (Å²) in [6.45, 7) is 2.86. The molecule has 1 rings (SSSR count). The summed E-state index contributed by atoms with van der Waals surface area (Å²) in [7, 11) is 1.78. The molecule has 0 aromatic rings. The molecule has 1 fully saturated rings. The number of amides is 1. The molecular formula is C10H17NO3. The van der Waals surface area contributed by atoms with Crippen LogP contribution in [0.5, 0.6) is 0 Å². The molecule has 0 spiro atoms. The van der Waals surface area contributed by atoms with Gasteiger partial charge in [0, 0.05) is 26.5 Å². The molecule has 1 amide bonds. The fourth-order valence-corrected chi connectivity index (χ4v) is 1.49. The minimum atomic E-state index is 0.0377. The van der Waals surface area contributed by atoms with E-state index in [2.05, 4.69) is 0 Å². The maximum absolute atomic E-state index is 11.6. The Bertz CT molecular complexity index is 221. The number of hydrogen-bond acceptors (Lipinski definition) is 3. The Morgan fingerprint density at radius 2 is 2.14 bits per heavy atom. The van der Waals surface area contributed by atoms with Crippen molar-refractivity contribution in [1.82, 2.24) is 4.90 Å². The number of hydrogen-bond donors (Lipinski definition) is 0. The second-order valence-electron chi connectivity index (χ2n) is 3.72. The number of carbonyl (C=O) groups excluding carboxylic acids is 2. The van der Waals surface area contributed by atoms with Gasteiger partial charge < -0.3 is 14.4 Å². The van der Waals surface area contributed by atoms with E-state index in [4.69, 9.17) is 4.74 Å². The fraction of sp³-hybridized carbons (Fsp3) is 0.800. The molecule has 1 unspecified atom stereocenters. The van der Waals surface area contributed by atoms with Crippen LogP contribution >= 0.6 is 0 Å². The molecule has 0 saturated carbocycles. The van der Waals surface area contributed by atoms with E-state index in [1.54, 1.807) is 11.9 Å². The number of likely N-dealkylation sites (N-methyl/N-ethyl adjacent to an activating group) is 1. The standard InChI is InChI=1S/C10H17NO3/c1-8(12)3-4-10(13)11(2)9-5-6-14-7-9/h9H,3-7H2,1-2H3. The molecule has 0 radical (unpaired) electrons. The van der Waals surface area contributed by atoms with Gasteiger partial charge in [0.05, 0.1) is 12.6 Å². The summed E-state index contributed by atoms with van der Waals surface area (Å²) in [6.07, 6.45) is 1.57. The van der Waals surface area contributed by atoms with E-state index in [-0.39, 0.29) is 17.7 Å². The van der Waals surface area contributed by atoms with Gasteiger partial charge in [-0.1, -0.05) is 0 Å². The molecule has 0 aliphatic carbocycles. The van der Waals surface area contributed by atoms with Gasteiger partial charge in [-0.05, 0) is 13.3 Å². The van der Waals surface area contributed by atoms with Crippen molar-refractivity contribution in [3.63, 3.8) is 0 Å². The molecule has 0 N–H and O–H groups in total. The third kappa shape index (κ3) is 3.10. The molecule has 1 aliphatic heterocycles. The van der Waals surface area contributed by atoms with Gasteiger partial charge in [0.1, 0.15) is 5.78 Å². The van der Waals surface area contributed by atoms with Crippen LogP contribution in [-0.2, 0) is 14.3 Å². The molecule has 4 nitrogen and oxygen atoms in total. The van der Waals surface area contributed by atoms with E-state index in [9.17, 15) is 9.59 Å². The van der Waals surface area contributed by atoms with Crippen LogP contribution in [-0.4, -0.2) is 42.9 Å². The van der Waals surface area contributed by atoms with Crippen molar-refractivity contribution in [2.75, 3.05) is 20.3 Å². The van der Waals surface area contributed by atoms with E-state index in [0.717, 1.165) is 13.0 Å². The molecule has 0 aromatic carbocycles. The zero-order chi connectivity index (χ0) is 10.6. The van der Waals surface area contributed by atoms with Crippen molar-refractivity contribution in [2.45, 2.75) is 32.2 Å². The summed E-state index contributed by atoms with van der Waals surface area (Å²) < 4.78 is 5.19. The van der Waals surface area contributed by atoms with Crippen LogP contribution in [0.25, 0.3) is 0 Å². The highest BCUT2D eigenvalue weighted by Crippen LogP contribution is 2.12. The monoisotopic (exact) mass is 199 g/mol. The molecule has 1 heterocycles. The average molecular weight is 199 g/mol. The van der Waals surface area contributed by atoms with Gasteiger partial charge >= 0.3 is 0 Å². The normalized spacial score (nSPS) is 20.9.